The first kappa shape index (κ1) is 14.3. The van der Waals surface area contributed by atoms with E-state index < -0.39 is 0 Å². The summed E-state index contributed by atoms with van der Waals surface area (Å²) in [7, 11) is 1.65. The first-order chi connectivity index (χ1) is 9.76. The second kappa shape index (κ2) is 6.85. The third kappa shape index (κ3) is 3.23. The van der Waals surface area contributed by atoms with Crippen LogP contribution < -0.4 is 15.4 Å². The first-order valence-corrected chi connectivity index (χ1v) is 6.97. The fraction of sp³-hybridized carbons (Fsp3) is 0.294. The highest BCUT2D eigenvalue weighted by Gasteiger charge is 2.12. The number of methoxy groups -OCH3 is 1. The third-order valence-corrected chi connectivity index (χ3v) is 3.31. The molecular weight excluding hydrogens is 248 g/mol. The highest BCUT2D eigenvalue weighted by Crippen LogP contribution is 2.32. The van der Waals surface area contributed by atoms with Crippen LogP contribution in [0.1, 0.15) is 18.9 Å². The smallest absolute Gasteiger partial charge is 0.143 e. The van der Waals surface area contributed by atoms with Crippen molar-refractivity contribution in [1.82, 2.24) is 0 Å². The quantitative estimate of drug-likeness (QED) is 0.813. The molecule has 2 aromatic rings. The van der Waals surface area contributed by atoms with Gasteiger partial charge in [-0.25, -0.2) is 0 Å². The summed E-state index contributed by atoms with van der Waals surface area (Å²) in [5, 5.41) is 0. The molecule has 0 unspecified atom stereocenters. The lowest BCUT2D eigenvalue weighted by Gasteiger charge is -2.26. The van der Waals surface area contributed by atoms with Gasteiger partial charge in [-0.3, -0.25) is 0 Å². The molecule has 0 aliphatic rings. The Bertz CT molecular complexity index is 540. The Hall–Kier alpha value is -2.16. The minimum absolute atomic E-state index is 0.708. The molecule has 0 aliphatic carbocycles. The lowest BCUT2D eigenvalue weighted by Crippen LogP contribution is -2.24. The van der Waals surface area contributed by atoms with Gasteiger partial charge in [0.25, 0.3) is 0 Å². The number of hydrogen-bond acceptors (Lipinski definition) is 3. The number of rotatable bonds is 6. The topological polar surface area (TPSA) is 38.5 Å². The molecule has 0 heterocycles. The molecule has 0 aromatic heterocycles. The zero-order valence-corrected chi connectivity index (χ0v) is 12.2. The Labute approximate surface area is 121 Å². The van der Waals surface area contributed by atoms with E-state index in [0.717, 1.165) is 30.9 Å². The lowest BCUT2D eigenvalue weighted by molar-refractivity contribution is 0.417. The van der Waals surface area contributed by atoms with Crippen molar-refractivity contribution in [3.05, 3.63) is 54.1 Å². The van der Waals surface area contributed by atoms with Crippen LogP contribution in [0.5, 0.6) is 5.75 Å². The van der Waals surface area contributed by atoms with E-state index in [-0.39, 0.29) is 0 Å². The normalized spacial score (nSPS) is 10.3. The number of nitrogens with zero attached hydrogens (tertiary/aromatic N) is 1. The maximum atomic E-state index is 6.21. The summed E-state index contributed by atoms with van der Waals surface area (Å²) in [6.07, 6.45) is 1.07. The molecule has 106 valence electrons. The summed E-state index contributed by atoms with van der Waals surface area (Å²) in [5.74, 6) is 0.733. The number of benzene rings is 2. The van der Waals surface area contributed by atoms with Gasteiger partial charge in [0.05, 0.1) is 18.5 Å². The molecule has 0 aliphatic heterocycles. The van der Waals surface area contributed by atoms with Crippen LogP contribution in [-0.4, -0.2) is 13.7 Å². The van der Waals surface area contributed by atoms with Crippen molar-refractivity contribution < 1.29 is 4.74 Å². The summed E-state index contributed by atoms with van der Waals surface area (Å²) >= 11 is 0. The molecule has 0 amide bonds. The molecular formula is C17H22N2O. The van der Waals surface area contributed by atoms with Crippen molar-refractivity contribution in [1.29, 1.82) is 0 Å². The molecule has 0 spiro atoms. The van der Waals surface area contributed by atoms with Crippen LogP contribution in [0.4, 0.5) is 11.4 Å². The van der Waals surface area contributed by atoms with Gasteiger partial charge in [-0.2, -0.15) is 0 Å². The van der Waals surface area contributed by atoms with E-state index in [9.17, 15) is 0 Å². The average molecular weight is 270 g/mol. The number of para-hydroxylation sites is 1. The molecule has 0 radical (unpaired) electrons. The summed E-state index contributed by atoms with van der Waals surface area (Å²) in [6, 6.07) is 16.4. The number of hydrogen-bond donors (Lipinski definition) is 1. The Morgan fingerprint density at radius 2 is 1.80 bits per heavy atom. The molecule has 3 heteroatoms. The molecule has 0 saturated carbocycles. The standard InChI is InChI=1S/C17H22N2O/c1-3-12-19(13-14-8-5-4-6-9-14)15-10-7-11-16(20-2)17(15)18/h4-11H,3,12-13,18H2,1-2H3. The maximum Gasteiger partial charge on any atom is 0.143 e. The molecule has 0 saturated heterocycles. The zero-order valence-electron chi connectivity index (χ0n) is 12.2. The van der Waals surface area contributed by atoms with Gasteiger partial charge in [0.1, 0.15) is 5.75 Å². The van der Waals surface area contributed by atoms with Crippen LogP contribution in [0.15, 0.2) is 48.5 Å². The molecule has 20 heavy (non-hydrogen) atoms. The van der Waals surface area contributed by atoms with E-state index >= 15 is 0 Å². The van der Waals surface area contributed by atoms with Crippen molar-refractivity contribution in [3.8, 4) is 5.75 Å². The van der Waals surface area contributed by atoms with Crippen molar-refractivity contribution in [2.24, 2.45) is 0 Å². The van der Waals surface area contributed by atoms with E-state index in [0.29, 0.717) is 5.69 Å². The summed E-state index contributed by atoms with van der Waals surface area (Å²) in [4.78, 5) is 2.30. The van der Waals surface area contributed by atoms with E-state index in [2.05, 4.69) is 42.2 Å². The minimum Gasteiger partial charge on any atom is -0.495 e. The number of anilines is 2. The second-order valence-corrected chi connectivity index (χ2v) is 4.80. The van der Waals surface area contributed by atoms with Crippen molar-refractivity contribution in [3.63, 3.8) is 0 Å². The fourth-order valence-corrected chi connectivity index (χ4v) is 2.34. The molecule has 2 aromatic carbocycles. The largest absolute Gasteiger partial charge is 0.495 e. The van der Waals surface area contributed by atoms with Crippen LogP contribution >= 0.6 is 0 Å². The molecule has 2 N–H and O–H groups in total. The first-order valence-electron chi connectivity index (χ1n) is 6.97. The average Bonchev–Trinajstić information content (AvgIpc) is 2.48. The van der Waals surface area contributed by atoms with E-state index in [4.69, 9.17) is 10.5 Å². The van der Waals surface area contributed by atoms with Crippen molar-refractivity contribution in [2.45, 2.75) is 19.9 Å². The Balaban J connectivity index is 2.29. The van der Waals surface area contributed by atoms with Crippen LogP contribution in [0.2, 0.25) is 0 Å². The number of nitrogen functional groups attached to an aromatic ring is 1. The van der Waals surface area contributed by atoms with Gasteiger partial charge in [-0.05, 0) is 24.1 Å². The van der Waals surface area contributed by atoms with Crippen LogP contribution in [0, 0.1) is 0 Å². The van der Waals surface area contributed by atoms with Crippen LogP contribution in [0.25, 0.3) is 0 Å². The molecule has 0 atom stereocenters. The summed E-state index contributed by atoms with van der Waals surface area (Å²) in [6.45, 7) is 3.99. The number of ether oxygens (including phenoxy) is 1. The van der Waals surface area contributed by atoms with Gasteiger partial charge in [0, 0.05) is 13.1 Å². The molecule has 3 nitrogen and oxygen atoms in total. The molecule has 0 fully saturated rings. The van der Waals surface area contributed by atoms with Crippen molar-refractivity contribution >= 4 is 11.4 Å². The van der Waals surface area contributed by atoms with Crippen molar-refractivity contribution in [2.75, 3.05) is 24.3 Å². The third-order valence-electron chi connectivity index (χ3n) is 3.31. The summed E-state index contributed by atoms with van der Waals surface area (Å²) in [5.41, 5.74) is 9.24. The lowest BCUT2D eigenvalue weighted by atomic mass is 10.1. The van der Waals surface area contributed by atoms with Gasteiger partial charge in [0.15, 0.2) is 0 Å². The van der Waals surface area contributed by atoms with Gasteiger partial charge in [0.2, 0.25) is 0 Å². The highest BCUT2D eigenvalue weighted by atomic mass is 16.5. The number of nitrogens with two attached hydrogens (primary N) is 1. The monoisotopic (exact) mass is 270 g/mol. The van der Waals surface area contributed by atoms with Gasteiger partial charge < -0.3 is 15.4 Å². The Kier molecular flexibility index (Phi) is 4.88. The van der Waals surface area contributed by atoms with Crippen LogP contribution in [-0.2, 0) is 6.54 Å². The Morgan fingerprint density at radius 1 is 1.05 bits per heavy atom. The molecule has 0 bridgehead atoms. The van der Waals surface area contributed by atoms with Gasteiger partial charge in [-0.15, -0.1) is 0 Å². The fourth-order valence-electron chi connectivity index (χ4n) is 2.34. The minimum atomic E-state index is 0.708. The van der Waals surface area contributed by atoms with Crippen LogP contribution in [0.3, 0.4) is 0 Å². The van der Waals surface area contributed by atoms with E-state index in [1.54, 1.807) is 7.11 Å². The summed E-state index contributed by atoms with van der Waals surface area (Å²) < 4.78 is 5.31. The maximum absolute atomic E-state index is 6.21. The Morgan fingerprint density at radius 3 is 2.45 bits per heavy atom. The zero-order chi connectivity index (χ0) is 14.4. The highest BCUT2D eigenvalue weighted by molar-refractivity contribution is 5.74. The van der Waals surface area contributed by atoms with E-state index in [1.807, 2.05) is 18.2 Å². The predicted octanol–water partition coefficient (Wildman–Crippen LogP) is 3.69. The van der Waals surface area contributed by atoms with E-state index in [1.165, 1.54) is 5.56 Å². The molecule has 2 rings (SSSR count). The SMILES string of the molecule is CCCN(Cc1ccccc1)c1cccc(OC)c1N. The van der Waals surface area contributed by atoms with Gasteiger partial charge in [-0.1, -0.05) is 43.3 Å². The predicted molar refractivity (Wildman–Crippen MR) is 85.2 cm³/mol. The second-order valence-electron chi connectivity index (χ2n) is 4.80. The van der Waals surface area contributed by atoms with Gasteiger partial charge >= 0.3 is 0 Å².